The molecular weight excluding hydrogens is 458 g/mol. The lowest BCUT2D eigenvalue weighted by atomic mass is 9.97. The van der Waals surface area contributed by atoms with Crippen molar-refractivity contribution in [2.24, 2.45) is 11.8 Å². The zero-order valence-electron chi connectivity index (χ0n) is 21.8. The van der Waals surface area contributed by atoms with E-state index in [1.807, 2.05) is 45.0 Å². The quantitative estimate of drug-likeness (QED) is 0.589. The summed E-state index contributed by atoms with van der Waals surface area (Å²) in [6, 6.07) is 5.60. The molecule has 0 aromatic heterocycles. The fourth-order valence-electron chi connectivity index (χ4n) is 5.70. The molecule has 1 aromatic carbocycles. The van der Waals surface area contributed by atoms with Gasteiger partial charge in [-0.2, -0.15) is 0 Å². The van der Waals surface area contributed by atoms with Gasteiger partial charge in [-0.3, -0.25) is 19.2 Å². The van der Waals surface area contributed by atoms with E-state index in [-0.39, 0.29) is 47.9 Å². The fourth-order valence-corrected chi connectivity index (χ4v) is 5.70. The molecular formula is C27H39N5O4. The third-order valence-electron chi connectivity index (χ3n) is 7.59. The van der Waals surface area contributed by atoms with Gasteiger partial charge in [0.1, 0.15) is 12.1 Å². The van der Waals surface area contributed by atoms with Gasteiger partial charge in [0.2, 0.25) is 11.8 Å². The van der Waals surface area contributed by atoms with Crippen molar-refractivity contribution < 1.29 is 19.2 Å². The van der Waals surface area contributed by atoms with Gasteiger partial charge in [-0.05, 0) is 62.4 Å². The highest BCUT2D eigenvalue weighted by molar-refractivity contribution is 6.01. The second-order valence-corrected chi connectivity index (χ2v) is 10.9. The lowest BCUT2D eigenvalue weighted by Crippen LogP contribution is -2.53. The third-order valence-corrected chi connectivity index (χ3v) is 7.59. The van der Waals surface area contributed by atoms with Crippen molar-refractivity contribution in [1.29, 1.82) is 0 Å². The van der Waals surface area contributed by atoms with Gasteiger partial charge in [-0.15, -0.1) is 0 Å². The highest BCUT2D eigenvalue weighted by Gasteiger charge is 2.52. The molecule has 3 aliphatic heterocycles. The maximum absolute atomic E-state index is 13.7. The molecule has 0 saturated carbocycles. The van der Waals surface area contributed by atoms with E-state index >= 15 is 0 Å². The number of piperidine rings is 1. The van der Waals surface area contributed by atoms with E-state index in [4.69, 9.17) is 0 Å². The molecule has 0 spiro atoms. The summed E-state index contributed by atoms with van der Waals surface area (Å²) in [6.45, 7) is 6.04. The summed E-state index contributed by atoms with van der Waals surface area (Å²) in [5.74, 6) is -0.555. The molecule has 196 valence electrons. The monoisotopic (exact) mass is 497 g/mol. The van der Waals surface area contributed by atoms with Gasteiger partial charge in [0, 0.05) is 38.4 Å². The number of nitrogens with one attached hydrogen (secondary N) is 2. The van der Waals surface area contributed by atoms with Crippen molar-refractivity contribution in [3.8, 4) is 0 Å². The van der Waals surface area contributed by atoms with Gasteiger partial charge < -0.3 is 25.3 Å². The number of carbonyl (C=O) groups is 4. The van der Waals surface area contributed by atoms with Crippen molar-refractivity contribution >= 4 is 29.2 Å². The van der Waals surface area contributed by atoms with Crippen LogP contribution in [0.5, 0.6) is 0 Å². The van der Waals surface area contributed by atoms with Crippen LogP contribution in [-0.2, 0) is 14.4 Å². The lowest BCUT2D eigenvalue weighted by molar-refractivity contribution is -0.138. The number of fused-ring (bicyclic) bond motifs is 1. The van der Waals surface area contributed by atoms with E-state index in [1.165, 1.54) is 0 Å². The maximum atomic E-state index is 13.7. The van der Waals surface area contributed by atoms with Crippen molar-refractivity contribution in [3.05, 3.63) is 29.8 Å². The summed E-state index contributed by atoms with van der Waals surface area (Å²) in [5.41, 5.74) is 1.46. The zero-order chi connectivity index (χ0) is 26.0. The number of hydrogen-bond donors (Lipinski definition) is 2. The SMILES string of the molecule is CC(C)C[C@H](NC(=O)c1ccc(N(C)C)cc1)C(=O)N1CCC2C1C(=O)CN2C(=O)C1CCCNC1. The van der Waals surface area contributed by atoms with E-state index < -0.39 is 12.1 Å². The van der Waals surface area contributed by atoms with Gasteiger partial charge >= 0.3 is 0 Å². The van der Waals surface area contributed by atoms with Crippen molar-refractivity contribution in [1.82, 2.24) is 20.4 Å². The summed E-state index contributed by atoms with van der Waals surface area (Å²) in [4.78, 5) is 58.2. The van der Waals surface area contributed by atoms with Crippen LogP contribution in [0.15, 0.2) is 24.3 Å². The molecule has 9 heteroatoms. The maximum Gasteiger partial charge on any atom is 0.251 e. The fraction of sp³-hybridized carbons (Fsp3) is 0.630. The first-order valence-corrected chi connectivity index (χ1v) is 13.1. The molecule has 3 fully saturated rings. The number of nitrogens with zero attached hydrogens (tertiary/aromatic N) is 3. The Bertz CT molecular complexity index is 986. The smallest absolute Gasteiger partial charge is 0.251 e. The van der Waals surface area contributed by atoms with Crippen LogP contribution >= 0.6 is 0 Å². The molecule has 3 aliphatic rings. The van der Waals surface area contributed by atoms with Crippen LogP contribution in [0.3, 0.4) is 0 Å². The molecule has 0 bridgehead atoms. The van der Waals surface area contributed by atoms with Crippen molar-refractivity contribution in [2.45, 2.75) is 57.7 Å². The molecule has 2 N–H and O–H groups in total. The number of hydrogen-bond acceptors (Lipinski definition) is 6. The van der Waals surface area contributed by atoms with Gasteiger partial charge in [0.15, 0.2) is 5.78 Å². The number of Topliss-reactive ketones (excluding diaryl/α,β-unsaturated/α-hetero) is 1. The molecule has 0 radical (unpaired) electrons. The summed E-state index contributed by atoms with van der Waals surface area (Å²) in [5, 5.41) is 6.20. The summed E-state index contributed by atoms with van der Waals surface area (Å²) in [7, 11) is 3.86. The van der Waals surface area contributed by atoms with Crippen LogP contribution < -0.4 is 15.5 Å². The molecule has 3 unspecified atom stereocenters. The molecule has 3 saturated heterocycles. The number of ketones is 1. The van der Waals surface area contributed by atoms with E-state index in [9.17, 15) is 19.2 Å². The number of rotatable bonds is 7. The van der Waals surface area contributed by atoms with E-state index in [2.05, 4.69) is 10.6 Å². The standard InChI is InChI=1S/C27H39N5O4/c1-17(2)14-21(29-25(34)18-7-9-20(10-8-18)30(3)4)27(36)31-13-11-22-24(31)23(33)16-32(22)26(35)19-6-5-12-28-15-19/h7-10,17,19,21-22,24,28H,5-6,11-16H2,1-4H3,(H,29,34)/t19?,21-,22?,24?/m0/s1. The largest absolute Gasteiger partial charge is 0.378 e. The molecule has 4 rings (SSSR count). The first-order chi connectivity index (χ1) is 17.2. The average Bonchev–Trinajstić information content (AvgIpc) is 3.44. The second-order valence-electron chi connectivity index (χ2n) is 10.9. The van der Waals surface area contributed by atoms with E-state index in [1.54, 1.807) is 21.9 Å². The highest BCUT2D eigenvalue weighted by atomic mass is 16.2. The Morgan fingerprint density at radius 2 is 1.83 bits per heavy atom. The molecule has 3 amide bonds. The van der Waals surface area contributed by atoms with Crippen molar-refractivity contribution in [3.63, 3.8) is 0 Å². The molecule has 36 heavy (non-hydrogen) atoms. The minimum Gasteiger partial charge on any atom is -0.378 e. The lowest BCUT2D eigenvalue weighted by Gasteiger charge is -2.30. The zero-order valence-corrected chi connectivity index (χ0v) is 21.8. The average molecular weight is 498 g/mol. The van der Waals surface area contributed by atoms with Crippen LogP contribution in [0.1, 0.15) is 49.9 Å². The summed E-state index contributed by atoms with van der Waals surface area (Å²) in [6.07, 6.45) is 2.83. The molecule has 4 atom stereocenters. The normalized spacial score (nSPS) is 24.6. The Balaban J connectivity index is 1.46. The molecule has 0 aliphatic carbocycles. The molecule has 9 nitrogen and oxygen atoms in total. The number of likely N-dealkylation sites (tertiary alicyclic amines) is 2. The summed E-state index contributed by atoms with van der Waals surface area (Å²) < 4.78 is 0. The first-order valence-electron chi connectivity index (χ1n) is 13.1. The number of benzene rings is 1. The summed E-state index contributed by atoms with van der Waals surface area (Å²) >= 11 is 0. The van der Waals surface area contributed by atoms with Gasteiger partial charge in [-0.25, -0.2) is 0 Å². The topological polar surface area (TPSA) is 102 Å². The Hall–Kier alpha value is -2.94. The van der Waals surface area contributed by atoms with Gasteiger partial charge in [-0.1, -0.05) is 13.8 Å². The van der Waals surface area contributed by atoms with Crippen LogP contribution in [0.25, 0.3) is 0 Å². The van der Waals surface area contributed by atoms with E-state index in [0.29, 0.717) is 31.5 Å². The Kier molecular flexibility index (Phi) is 7.97. The highest BCUT2D eigenvalue weighted by Crippen LogP contribution is 2.32. The Morgan fingerprint density at radius 1 is 1.11 bits per heavy atom. The Morgan fingerprint density at radius 3 is 2.44 bits per heavy atom. The first kappa shape index (κ1) is 26.1. The minimum atomic E-state index is -0.732. The van der Waals surface area contributed by atoms with E-state index in [0.717, 1.165) is 25.1 Å². The van der Waals surface area contributed by atoms with Crippen LogP contribution in [0, 0.1) is 11.8 Å². The predicted molar refractivity (Wildman–Crippen MR) is 138 cm³/mol. The second kappa shape index (κ2) is 11.0. The van der Waals surface area contributed by atoms with Gasteiger partial charge in [0.25, 0.3) is 5.91 Å². The predicted octanol–water partition coefficient (Wildman–Crippen LogP) is 1.28. The minimum absolute atomic E-state index is 0.0190. The molecule has 1 aromatic rings. The number of anilines is 1. The number of carbonyl (C=O) groups excluding carboxylic acids is 4. The van der Waals surface area contributed by atoms with Crippen LogP contribution in [-0.4, -0.2) is 91.7 Å². The van der Waals surface area contributed by atoms with Crippen LogP contribution in [0.2, 0.25) is 0 Å². The Labute approximate surface area is 213 Å². The third kappa shape index (κ3) is 5.40. The van der Waals surface area contributed by atoms with Gasteiger partial charge in [0.05, 0.1) is 18.5 Å². The number of amides is 3. The molecule has 3 heterocycles. The van der Waals surface area contributed by atoms with Crippen LogP contribution in [0.4, 0.5) is 5.69 Å². The van der Waals surface area contributed by atoms with Crippen molar-refractivity contribution in [2.75, 3.05) is 45.2 Å².